The molecule has 0 aliphatic heterocycles. The molecule has 2 aromatic rings. The molecule has 0 atom stereocenters. The Morgan fingerprint density at radius 2 is 1.50 bits per heavy atom. The van der Waals surface area contributed by atoms with Gasteiger partial charge in [0.1, 0.15) is 0 Å². The van der Waals surface area contributed by atoms with Crippen LogP contribution in [0.15, 0.2) is 36.4 Å². The van der Waals surface area contributed by atoms with Gasteiger partial charge in [-0.3, -0.25) is 0 Å². The fourth-order valence-corrected chi connectivity index (χ4v) is 1.86. The lowest BCUT2D eigenvalue weighted by Crippen LogP contribution is -1.68. The molecule has 0 amide bonds. The van der Waals surface area contributed by atoms with E-state index in [2.05, 4.69) is 22.6 Å². The predicted molar refractivity (Wildman–Crippen MR) is 75.0 cm³/mol. The van der Waals surface area contributed by atoms with Gasteiger partial charge in [0.25, 0.3) is 0 Å². The molecule has 0 N–H and O–H groups in total. The summed E-state index contributed by atoms with van der Waals surface area (Å²) in [5.41, 5.74) is 2.35. The Morgan fingerprint density at radius 1 is 0.938 bits per heavy atom. The number of benzene rings is 1. The van der Waals surface area contributed by atoms with Crippen molar-refractivity contribution < 1.29 is 0 Å². The van der Waals surface area contributed by atoms with Gasteiger partial charge in [0.05, 0.1) is 10.6 Å². The zero-order chi connectivity index (χ0) is 12.4. The van der Waals surface area contributed by atoms with Gasteiger partial charge >= 0.3 is 0 Å². The van der Waals surface area contributed by atoms with Crippen LogP contribution in [0.5, 0.6) is 0 Å². The summed E-state index contributed by atoms with van der Waals surface area (Å²) >= 11 is 1.55. The fraction of sp³-hybridized carbons (Fsp3) is 0.357. The first kappa shape index (κ1) is 14.8. The molecular weight excluding hydrogens is 214 g/mol. The molecule has 0 spiro atoms. The van der Waals surface area contributed by atoms with E-state index in [0.717, 1.165) is 5.69 Å². The highest BCUT2D eigenvalue weighted by Crippen LogP contribution is 2.23. The zero-order valence-corrected chi connectivity index (χ0v) is 11.6. The van der Waals surface area contributed by atoms with Crippen molar-refractivity contribution in [2.75, 3.05) is 0 Å². The number of rotatable bonds is 1. The molecular formula is C14H21NS. The smallest absolute Gasteiger partial charge is 0.0552 e. The van der Waals surface area contributed by atoms with Crippen molar-refractivity contribution in [2.45, 2.75) is 34.6 Å². The van der Waals surface area contributed by atoms with Gasteiger partial charge in [-0.05, 0) is 30.1 Å². The minimum Gasteiger partial charge on any atom is -0.197 e. The highest BCUT2D eigenvalue weighted by Gasteiger charge is 1.99. The number of aromatic nitrogens is 1. The topological polar surface area (TPSA) is 12.9 Å². The van der Waals surface area contributed by atoms with Gasteiger partial charge in [0.2, 0.25) is 0 Å². The van der Waals surface area contributed by atoms with Crippen LogP contribution in [-0.4, -0.2) is 4.37 Å². The first-order valence-electron chi connectivity index (χ1n) is 5.85. The minimum atomic E-state index is 1.10. The van der Waals surface area contributed by atoms with Crippen LogP contribution in [-0.2, 0) is 0 Å². The van der Waals surface area contributed by atoms with Crippen LogP contribution in [0.1, 0.15) is 33.4 Å². The minimum absolute atomic E-state index is 1.10. The largest absolute Gasteiger partial charge is 0.197 e. The van der Waals surface area contributed by atoms with Crippen LogP contribution in [0.4, 0.5) is 0 Å². The molecule has 1 heterocycles. The van der Waals surface area contributed by atoms with E-state index in [0.29, 0.717) is 0 Å². The van der Waals surface area contributed by atoms with Crippen molar-refractivity contribution in [2.24, 2.45) is 0 Å². The molecule has 1 nitrogen and oxygen atoms in total. The van der Waals surface area contributed by atoms with Crippen LogP contribution in [0.2, 0.25) is 0 Å². The summed E-state index contributed by atoms with van der Waals surface area (Å²) < 4.78 is 4.23. The summed E-state index contributed by atoms with van der Waals surface area (Å²) in [7, 11) is 0. The Morgan fingerprint density at radius 3 is 1.94 bits per heavy atom. The quantitative estimate of drug-likeness (QED) is 0.664. The molecule has 88 valence electrons. The number of hydrogen-bond acceptors (Lipinski definition) is 2. The summed E-state index contributed by atoms with van der Waals surface area (Å²) in [5, 5.41) is 0. The van der Waals surface area contributed by atoms with Crippen molar-refractivity contribution in [1.29, 1.82) is 0 Å². The summed E-state index contributed by atoms with van der Waals surface area (Å²) in [6.07, 6.45) is 0. The van der Waals surface area contributed by atoms with Gasteiger partial charge < -0.3 is 0 Å². The van der Waals surface area contributed by atoms with Crippen LogP contribution < -0.4 is 0 Å². The van der Waals surface area contributed by atoms with E-state index in [-0.39, 0.29) is 0 Å². The van der Waals surface area contributed by atoms with E-state index in [1.807, 2.05) is 52.8 Å². The lowest BCUT2D eigenvalue weighted by Gasteiger charge is -1.92. The SMILES string of the molecule is CC.CC.Cc1cc(-c2ccccc2)sn1. The molecule has 0 saturated carbocycles. The molecule has 0 radical (unpaired) electrons. The van der Waals surface area contributed by atoms with Gasteiger partial charge in [-0.1, -0.05) is 58.0 Å². The molecule has 1 aromatic carbocycles. The molecule has 16 heavy (non-hydrogen) atoms. The third-order valence-corrected chi connectivity index (χ3v) is 2.62. The number of hydrogen-bond donors (Lipinski definition) is 0. The lowest BCUT2D eigenvalue weighted by molar-refractivity contribution is 1.35. The van der Waals surface area contributed by atoms with E-state index in [4.69, 9.17) is 0 Å². The van der Waals surface area contributed by atoms with E-state index in [1.165, 1.54) is 10.4 Å². The van der Waals surface area contributed by atoms with Gasteiger partial charge in [0.15, 0.2) is 0 Å². The molecule has 0 aliphatic rings. The number of nitrogens with zero attached hydrogens (tertiary/aromatic N) is 1. The Bertz CT molecular complexity index is 365. The van der Waals surface area contributed by atoms with Crippen LogP contribution in [0.3, 0.4) is 0 Å². The van der Waals surface area contributed by atoms with Crippen molar-refractivity contribution >= 4 is 11.5 Å². The molecule has 0 unspecified atom stereocenters. The van der Waals surface area contributed by atoms with Gasteiger partial charge in [-0.25, -0.2) is 0 Å². The second-order valence-electron chi connectivity index (χ2n) is 2.70. The standard InChI is InChI=1S/C10H9NS.2C2H6/c1-8-7-10(12-11-8)9-5-3-2-4-6-9;2*1-2/h2-7H,1H3;2*1-2H3. The van der Waals surface area contributed by atoms with Crippen LogP contribution in [0.25, 0.3) is 10.4 Å². The normalized spacial score (nSPS) is 8.31. The molecule has 0 aliphatic carbocycles. The fourth-order valence-electron chi connectivity index (χ4n) is 1.10. The molecule has 1 aromatic heterocycles. The maximum Gasteiger partial charge on any atom is 0.0552 e. The Labute approximate surface area is 103 Å². The average Bonchev–Trinajstić information content (AvgIpc) is 2.82. The Kier molecular flexibility index (Phi) is 8.45. The van der Waals surface area contributed by atoms with Crippen molar-refractivity contribution in [3.8, 4) is 10.4 Å². The monoisotopic (exact) mass is 235 g/mol. The highest BCUT2D eigenvalue weighted by atomic mass is 32.1. The van der Waals surface area contributed by atoms with Gasteiger partial charge in [-0.15, -0.1) is 0 Å². The second kappa shape index (κ2) is 9.10. The second-order valence-corrected chi connectivity index (χ2v) is 3.50. The molecule has 2 heteroatoms. The Balaban J connectivity index is 0.000000509. The van der Waals surface area contributed by atoms with E-state index >= 15 is 0 Å². The first-order chi connectivity index (χ1) is 7.86. The maximum atomic E-state index is 4.23. The van der Waals surface area contributed by atoms with E-state index < -0.39 is 0 Å². The third kappa shape index (κ3) is 4.58. The summed E-state index contributed by atoms with van der Waals surface area (Å²) in [6.45, 7) is 10.0. The van der Waals surface area contributed by atoms with Crippen molar-refractivity contribution in [3.63, 3.8) is 0 Å². The van der Waals surface area contributed by atoms with Crippen LogP contribution in [0, 0.1) is 6.92 Å². The van der Waals surface area contributed by atoms with Crippen molar-refractivity contribution in [3.05, 3.63) is 42.1 Å². The van der Waals surface area contributed by atoms with Crippen LogP contribution >= 0.6 is 11.5 Å². The average molecular weight is 235 g/mol. The predicted octanol–water partition coefficient (Wildman–Crippen LogP) is 5.17. The molecule has 0 fully saturated rings. The van der Waals surface area contributed by atoms with Gasteiger partial charge in [-0.2, -0.15) is 4.37 Å². The summed E-state index contributed by atoms with van der Waals surface area (Å²) in [4.78, 5) is 1.24. The summed E-state index contributed by atoms with van der Waals surface area (Å²) in [5.74, 6) is 0. The number of aryl methyl sites for hydroxylation is 1. The summed E-state index contributed by atoms with van der Waals surface area (Å²) in [6, 6.07) is 12.4. The maximum absolute atomic E-state index is 4.23. The Hall–Kier alpha value is -1.15. The third-order valence-electron chi connectivity index (χ3n) is 1.69. The molecule has 0 saturated heterocycles. The molecule has 0 bridgehead atoms. The highest BCUT2D eigenvalue weighted by molar-refractivity contribution is 7.09. The zero-order valence-electron chi connectivity index (χ0n) is 10.8. The van der Waals surface area contributed by atoms with E-state index in [9.17, 15) is 0 Å². The molecule has 2 rings (SSSR count). The lowest BCUT2D eigenvalue weighted by atomic mass is 10.2. The first-order valence-corrected chi connectivity index (χ1v) is 6.62. The van der Waals surface area contributed by atoms with E-state index in [1.54, 1.807) is 11.5 Å². The van der Waals surface area contributed by atoms with Crippen molar-refractivity contribution in [1.82, 2.24) is 4.37 Å². The van der Waals surface area contributed by atoms with Gasteiger partial charge in [0, 0.05) is 0 Å².